The van der Waals surface area contributed by atoms with Gasteiger partial charge < -0.3 is 5.11 Å². The molecule has 22 heavy (non-hydrogen) atoms. The molecule has 0 unspecified atom stereocenters. The Morgan fingerprint density at radius 1 is 1.14 bits per heavy atom. The van der Waals surface area contributed by atoms with Crippen molar-refractivity contribution in [3.8, 4) is 11.4 Å². The molecule has 0 fully saturated rings. The molecule has 0 atom stereocenters. The van der Waals surface area contributed by atoms with E-state index in [1.165, 1.54) is 9.48 Å². The lowest BCUT2D eigenvalue weighted by molar-refractivity contribution is -0.138. The van der Waals surface area contributed by atoms with Gasteiger partial charge in [-0.1, -0.05) is 30.3 Å². The first-order valence-electron chi connectivity index (χ1n) is 6.52. The lowest BCUT2D eigenvalue weighted by Crippen LogP contribution is -2.15. The zero-order chi connectivity index (χ0) is 15.4. The molecule has 0 radical (unpaired) electrons. The summed E-state index contributed by atoms with van der Waals surface area (Å²) in [6.45, 7) is 0.127. The quantitative estimate of drug-likeness (QED) is 0.655. The van der Waals surface area contributed by atoms with Gasteiger partial charge in [0.1, 0.15) is 6.54 Å². The van der Waals surface area contributed by atoms with Gasteiger partial charge >= 0.3 is 5.97 Å². The highest BCUT2D eigenvalue weighted by Crippen LogP contribution is 2.11. The van der Waals surface area contributed by atoms with Crippen molar-refractivity contribution < 1.29 is 9.90 Å². The fourth-order valence-corrected chi connectivity index (χ4v) is 1.89. The average Bonchev–Trinajstić information content (AvgIpc) is 3.15. The number of nitrogens with zero attached hydrogens (tertiary/aromatic N) is 8. The normalized spacial score (nSPS) is 10.7. The van der Waals surface area contributed by atoms with Crippen LogP contribution in [0.4, 0.5) is 0 Å². The fourth-order valence-electron chi connectivity index (χ4n) is 1.89. The number of carbonyl (C=O) groups is 1. The molecule has 3 rings (SSSR count). The number of aryl methyl sites for hydroxylation is 2. The standard InChI is InChI=1S/C12H12N8O2/c21-11(22)8-19-10(13-16-18-19)6-7-20-15-12(14-17-20)9-4-2-1-3-5-9/h1-5H,6-8H2,(H,21,22). The minimum Gasteiger partial charge on any atom is -0.480 e. The van der Waals surface area contributed by atoms with Crippen molar-refractivity contribution >= 4 is 5.97 Å². The number of rotatable bonds is 6. The number of benzene rings is 1. The largest absolute Gasteiger partial charge is 0.480 e. The van der Waals surface area contributed by atoms with E-state index < -0.39 is 5.97 Å². The highest BCUT2D eigenvalue weighted by Gasteiger charge is 2.11. The smallest absolute Gasteiger partial charge is 0.325 e. The maximum atomic E-state index is 10.7. The Hall–Kier alpha value is -3.17. The van der Waals surface area contributed by atoms with Crippen LogP contribution in [0, 0.1) is 0 Å². The van der Waals surface area contributed by atoms with E-state index in [0.29, 0.717) is 24.6 Å². The maximum Gasteiger partial charge on any atom is 0.325 e. The van der Waals surface area contributed by atoms with Crippen molar-refractivity contribution in [2.24, 2.45) is 0 Å². The molecular formula is C12H12N8O2. The minimum absolute atomic E-state index is 0.275. The predicted molar refractivity (Wildman–Crippen MR) is 72.4 cm³/mol. The maximum absolute atomic E-state index is 10.7. The van der Waals surface area contributed by atoms with Gasteiger partial charge in [-0.25, -0.2) is 4.68 Å². The molecule has 0 amide bonds. The molecule has 2 heterocycles. The molecule has 0 aliphatic carbocycles. The summed E-state index contributed by atoms with van der Waals surface area (Å²) < 4.78 is 1.23. The van der Waals surface area contributed by atoms with Gasteiger partial charge in [-0.15, -0.1) is 15.3 Å². The highest BCUT2D eigenvalue weighted by atomic mass is 16.4. The van der Waals surface area contributed by atoms with Gasteiger partial charge in [0.15, 0.2) is 5.82 Å². The van der Waals surface area contributed by atoms with Crippen molar-refractivity contribution in [1.29, 1.82) is 0 Å². The van der Waals surface area contributed by atoms with E-state index in [1.54, 1.807) is 0 Å². The summed E-state index contributed by atoms with van der Waals surface area (Å²) >= 11 is 0. The number of hydrogen-bond acceptors (Lipinski definition) is 7. The average molecular weight is 300 g/mol. The SMILES string of the molecule is O=C(O)Cn1nnnc1CCn1nnc(-c2ccccc2)n1. The van der Waals surface area contributed by atoms with Gasteiger partial charge in [0.2, 0.25) is 5.82 Å². The molecule has 0 saturated carbocycles. The number of aromatic nitrogens is 8. The molecule has 0 aliphatic heterocycles. The molecule has 0 saturated heterocycles. The predicted octanol–water partition coefficient (Wildman–Crippen LogP) is -0.346. The van der Waals surface area contributed by atoms with Crippen molar-refractivity contribution in [2.75, 3.05) is 0 Å². The van der Waals surface area contributed by atoms with Gasteiger partial charge in [-0.05, 0) is 15.6 Å². The molecule has 10 heteroatoms. The molecular weight excluding hydrogens is 288 g/mol. The third-order valence-electron chi connectivity index (χ3n) is 2.91. The Kier molecular flexibility index (Phi) is 3.81. The molecule has 0 spiro atoms. The van der Waals surface area contributed by atoms with Gasteiger partial charge in [-0.2, -0.15) is 4.80 Å². The second-order valence-corrected chi connectivity index (χ2v) is 4.47. The van der Waals surface area contributed by atoms with Crippen molar-refractivity contribution in [3.05, 3.63) is 36.2 Å². The Morgan fingerprint density at radius 2 is 1.95 bits per heavy atom. The zero-order valence-electron chi connectivity index (χ0n) is 11.4. The van der Waals surface area contributed by atoms with E-state index in [2.05, 4.69) is 30.9 Å². The number of carboxylic acid groups (broad SMARTS) is 1. The van der Waals surface area contributed by atoms with E-state index in [0.717, 1.165) is 5.56 Å². The van der Waals surface area contributed by atoms with Crippen LogP contribution in [0.15, 0.2) is 30.3 Å². The van der Waals surface area contributed by atoms with Crippen molar-refractivity contribution in [2.45, 2.75) is 19.5 Å². The Balaban J connectivity index is 1.67. The van der Waals surface area contributed by atoms with Crippen LogP contribution in [0.3, 0.4) is 0 Å². The zero-order valence-corrected chi connectivity index (χ0v) is 11.4. The van der Waals surface area contributed by atoms with E-state index >= 15 is 0 Å². The first-order valence-corrected chi connectivity index (χ1v) is 6.52. The minimum atomic E-state index is -1.00. The van der Waals surface area contributed by atoms with Crippen LogP contribution >= 0.6 is 0 Å². The second kappa shape index (κ2) is 6.08. The Labute approximate surface area is 124 Å². The molecule has 0 aliphatic rings. The molecule has 112 valence electrons. The Morgan fingerprint density at radius 3 is 2.73 bits per heavy atom. The number of tetrazole rings is 2. The molecule has 1 aromatic carbocycles. The number of aliphatic carboxylic acids is 1. The van der Waals surface area contributed by atoms with Crippen LogP contribution in [-0.4, -0.2) is 51.5 Å². The number of hydrogen-bond donors (Lipinski definition) is 1. The van der Waals surface area contributed by atoms with Gasteiger partial charge in [-0.3, -0.25) is 4.79 Å². The summed E-state index contributed by atoms with van der Waals surface area (Å²) in [6.07, 6.45) is 0.408. The fraction of sp³-hybridized carbons (Fsp3) is 0.250. The van der Waals surface area contributed by atoms with E-state index in [-0.39, 0.29) is 6.54 Å². The topological polar surface area (TPSA) is 124 Å². The van der Waals surface area contributed by atoms with E-state index in [9.17, 15) is 4.79 Å². The third-order valence-corrected chi connectivity index (χ3v) is 2.91. The van der Waals surface area contributed by atoms with Crippen molar-refractivity contribution in [1.82, 2.24) is 40.4 Å². The molecule has 1 N–H and O–H groups in total. The summed E-state index contributed by atoms with van der Waals surface area (Å²) in [5.41, 5.74) is 0.879. The first kappa shape index (κ1) is 13.8. The lowest BCUT2D eigenvalue weighted by Gasteiger charge is -2.00. The molecule has 2 aromatic heterocycles. The summed E-state index contributed by atoms with van der Waals surface area (Å²) in [5.74, 6) is -0.00881. The Bertz CT molecular complexity index is 766. The molecule has 0 bridgehead atoms. The summed E-state index contributed by atoms with van der Waals surface area (Å²) in [5, 5.41) is 31.9. The monoisotopic (exact) mass is 300 g/mol. The van der Waals surface area contributed by atoms with Crippen LogP contribution in [0.1, 0.15) is 5.82 Å². The summed E-state index contributed by atoms with van der Waals surface area (Å²) in [4.78, 5) is 12.1. The summed E-state index contributed by atoms with van der Waals surface area (Å²) in [7, 11) is 0. The van der Waals surface area contributed by atoms with Crippen LogP contribution in [0.25, 0.3) is 11.4 Å². The van der Waals surface area contributed by atoms with E-state index in [1.807, 2.05) is 30.3 Å². The van der Waals surface area contributed by atoms with E-state index in [4.69, 9.17) is 5.11 Å². The van der Waals surface area contributed by atoms with Gasteiger partial charge in [0, 0.05) is 12.0 Å². The van der Waals surface area contributed by atoms with Crippen LogP contribution in [0.5, 0.6) is 0 Å². The summed E-state index contributed by atoms with van der Waals surface area (Å²) in [6, 6.07) is 9.51. The van der Waals surface area contributed by atoms with Gasteiger partial charge in [0.05, 0.1) is 6.54 Å². The van der Waals surface area contributed by atoms with Gasteiger partial charge in [0.25, 0.3) is 0 Å². The lowest BCUT2D eigenvalue weighted by atomic mass is 10.2. The highest BCUT2D eigenvalue weighted by molar-refractivity contribution is 5.66. The van der Waals surface area contributed by atoms with Crippen LogP contribution in [-0.2, 0) is 24.3 Å². The van der Waals surface area contributed by atoms with Crippen LogP contribution in [0.2, 0.25) is 0 Å². The number of carboxylic acids is 1. The molecule has 3 aromatic rings. The second-order valence-electron chi connectivity index (χ2n) is 4.47. The van der Waals surface area contributed by atoms with Crippen molar-refractivity contribution in [3.63, 3.8) is 0 Å². The molecule has 10 nitrogen and oxygen atoms in total. The van der Waals surface area contributed by atoms with Crippen LogP contribution < -0.4 is 0 Å². The third kappa shape index (κ3) is 3.11. The first-order chi connectivity index (χ1) is 10.7.